The fourth-order valence-corrected chi connectivity index (χ4v) is 2.70. The molecule has 0 saturated heterocycles. The van der Waals surface area contributed by atoms with Gasteiger partial charge in [-0.25, -0.2) is 8.42 Å². The number of sulfone groups is 1. The number of hydrogen-bond acceptors (Lipinski definition) is 3. The second-order valence-corrected chi connectivity index (χ2v) is 7.88. The number of benzene rings is 1. The molecule has 0 aliphatic heterocycles. The van der Waals surface area contributed by atoms with Crippen LogP contribution in [0.15, 0.2) is 29.3 Å². The second kappa shape index (κ2) is 11.6. The van der Waals surface area contributed by atoms with Gasteiger partial charge < -0.3 is 10.6 Å². The predicted molar refractivity (Wildman–Crippen MR) is 109 cm³/mol. The number of nitrogens with one attached hydrogen (secondary N) is 2. The summed E-state index contributed by atoms with van der Waals surface area (Å²) in [6.07, 6.45) is -2.15. The van der Waals surface area contributed by atoms with Crippen molar-refractivity contribution in [2.75, 3.05) is 31.6 Å². The van der Waals surface area contributed by atoms with E-state index in [0.29, 0.717) is 38.4 Å². The predicted octanol–water partition coefficient (Wildman–Crippen LogP) is 2.86. The summed E-state index contributed by atoms with van der Waals surface area (Å²) in [6.45, 7) is 3.44. The number of aliphatic imine (C=N–C) groups is 1. The minimum atomic E-state index is -4.33. The molecule has 0 aliphatic rings. The summed E-state index contributed by atoms with van der Waals surface area (Å²) in [5.74, 6) is 0.643. The minimum Gasteiger partial charge on any atom is -0.357 e. The standard InChI is InChI=1S/C16H24F3N3O2S.HI/c1-3-20-15(21-10-4-12-25(2,23)24)22-11-9-13-5-7-14(8-6-13)16(17,18)19;/h5-8H,3-4,9-12H2,1-2H3,(H2,20,21,22);1H. The van der Waals surface area contributed by atoms with Gasteiger partial charge in [0.05, 0.1) is 11.3 Å². The van der Waals surface area contributed by atoms with Crippen LogP contribution in [-0.2, 0) is 22.4 Å². The Morgan fingerprint density at radius 2 is 1.77 bits per heavy atom. The van der Waals surface area contributed by atoms with Crippen molar-refractivity contribution in [1.29, 1.82) is 0 Å². The van der Waals surface area contributed by atoms with Crippen LogP contribution >= 0.6 is 24.0 Å². The van der Waals surface area contributed by atoms with Gasteiger partial charge in [0.15, 0.2) is 5.96 Å². The van der Waals surface area contributed by atoms with Crippen LogP contribution in [0.5, 0.6) is 0 Å². The normalized spacial score (nSPS) is 12.4. The Hall–Kier alpha value is -1.04. The molecule has 26 heavy (non-hydrogen) atoms. The average Bonchev–Trinajstić information content (AvgIpc) is 2.50. The lowest BCUT2D eigenvalue weighted by Gasteiger charge is -2.12. The van der Waals surface area contributed by atoms with Crippen molar-refractivity contribution in [2.24, 2.45) is 4.99 Å². The summed E-state index contributed by atoms with van der Waals surface area (Å²) < 4.78 is 59.7. The third-order valence-corrected chi connectivity index (χ3v) is 4.31. The lowest BCUT2D eigenvalue weighted by Crippen LogP contribution is -2.38. The molecule has 10 heteroatoms. The van der Waals surface area contributed by atoms with Crippen molar-refractivity contribution < 1.29 is 21.6 Å². The highest BCUT2D eigenvalue weighted by Gasteiger charge is 2.29. The van der Waals surface area contributed by atoms with Gasteiger partial charge >= 0.3 is 6.18 Å². The summed E-state index contributed by atoms with van der Waals surface area (Å²) in [4.78, 5) is 4.28. The zero-order valence-electron chi connectivity index (χ0n) is 14.8. The average molecular weight is 507 g/mol. The summed E-state index contributed by atoms with van der Waals surface area (Å²) in [5.41, 5.74) is 0.124. The van der Waals surface area contributed by atoms with E-state index in [1.165, 1.54) is 18.4 Å². The molecule has 2 N–H and O–H groups in total. The van der Waals surface area contributed by atoms with Crippen LogP contribution in [0.1, 0.15) is 24.5 Å². The van der Waals surface area contributed by atoms with Gasteiger partial charge in [-0.15, -0.1) is 24.0 Å². The molecule has 0 unspecified atom stereocenters. The van der Waals surface area contributed by atoms with Crippen LogP contribution in [-0.4, -0.2) is 46.0 Å². The molecule has 1 rings (SSSR count). The third-order valence-electron chi connectivity index (χ3n) is 3.27. The summed E-state index contributed by atoms with van der Waals surface area (Å²) in [6, 6.07) is 5.06. The number of hydrogen-bond donors (Lipinski definition) is 2. The largest absolute Gasteiger partial charge is 0.416 e. The highest BCUT2D eigenvalue weighted by atomic mass is 127. The maximum atomic E-state index is 12.5. The number of halogens is 4. The second-order valence-electron chi connectivity index (χ2n) is 5.62. The number of nitrogens with zero attached hydrogens (tertiary/aromatic N) is 1. The molecule has 0 fully saturated rings. The van der Waals surface area contributed by atoms with E-state index in [1.54, 1.807) is 0 Å². The van der Waals surface area contributed by atoms with E-state index in [-0.39, 0.29) is 29.7 Å². The molecule has 0 aromatic heterocycles. The van der Waals surface area contributed by atoms with Crippen molar-refractivity contribution in [1.82, 2.24) is 10.6 Å². The van der Waals surface area contributed by atoms with Crippen molar-refractivity contribution in [3.8, 4) is 0 Å². The monoisotopic (exact) mass is 507 g/mol. The van der Waals surface area contributed by atoms with Gasteiger partial charge in [0, 0.05) is 25.9 Å². The molecule has 0 heterocycles. The third kappa shape index (κ3) is 10.8. The van der Waals surface area contributed by atoms with Crippen LogP contribution in [0.4, 0.5) is 13.2 Å². The Balaban J connectivity index is 0.00000625. The van der Waals surface area contributed by atoms with Crippen molar-refractivity contribution in [3.63, 3.8) is 0 Å². The molecule has 0 atom stereocenters. The van der Waals surface area contributed by atoms with Gasteiger partial charge in [0.2, 0.25) is 0 Å². The Kier molecular flexibility index (Phi) is 11.2. The topological polar surface area (TPSA) is 70.6 Å². The molecule has 0 amide bonds. The van der Waals surface area contributed by atoms with Crippen molar-refractivity contribution in [2.45, 2.75) is 25.9 Å². The molecule has 0 bridgehead atoms. The van der Waals surface area contributed by atoms with E-state index in [4.69, 9.17) is 0 Å². The van der Waals surface area contributed by atoms with Crippen molar-refractivity contribution >= 4 is 39.8 Å². The number of guanidine groups is 1. The first kappa shape index (κ1) is 25.0. The molecule has 0 spiro atoms. The fourth-order valence-electron chi connectivity index (χ4n) is 2.04. The Morgan fingerprint density at radius 1 is 1.15 bits per heavy atom. The van der Waals surface area contributed by atoms with E-state index in [1.807, 2.05) is 6.92 Å². The van der Waals surface area contributed by atoms with Crippen LogP contribution in [0.25, 0.3) is 0 Å². The highest BCUT2D eigenvalue weighted by Crippen LogP contribution is 2.29. The van der Waals surface area contributed by atoms with Crippen LogP contribution in [0.2, 0.25) is 0 Å². The van der Waals surface area contributed by atoms with E-state index in [2.05, 4.69) is 15.6 Å². The van der Waals surface area contributed by atoms with Gasteiger partial charge in [0.25, 0.3) is 0 Å². The molecule has 0 aliphatic carbocycles. The van der Waals surface area contributed by atoms with Crippen LogP contribution in [0.3, 0.4) is 0 Å². The van der Waals surface area contributed by atoms with E-state index in [0.717, 1.165) is 17.7 Å². The lowest BCUT2D eigenvalue weighted by molar-refractivity contribution is -0.137. The number of rotatable bonds is 8. The van der Waals surface area contributed by atoms with E-state index >= 15 is 0 Å². The summed E-state index contributed by atoms with van der Waals surface area (Å²) >= 11 is 0. The summed E-state index contributed by atoms with van der Waals surface area (Å²) in [5, 5.41) is 6.12. The van der Waals surface area contributed by atoms with Gasteiger partial charge in [-0.05, 0) is 37.5 Å². The first-order valence-corrected chi connectivity index (χ1v) is 10.0. The van der Waals surface area contributed by atoms with Crippen molar-refractivity contribution in [3.05, 3.63) is 35.4 Å². The molecule has 0 radical (unpaired) electrons. The molecule has 1 aromatic rings. The van der Waals surface area contributed by atoms with Gasteiger partial charge in [-0.2, -0.15) is 13.2 Å². The van der Waals surface area contributed by atoms with E-state index < -0.39 is 21.6 Å². The molecule has 5 nitrogen and oxygen atoms in total. The Morgan fingerprint density at radius 3 is 2.27 bits per heavy atom. The van der Waals surface area contributed by atoms with Crippen LogP contribution < -0.4 is 10.6 Å². The smallest absolute Gasteiger partial charge is 0.357 e. The zero-order valence-corrected chi connectivity index (χ0v) is 17.9. The van der Waals surface area contributed by atoms with Gasteiger partial charge in [0.1, 0.15) is 9.84 Å². The maximum Gasteiger partial charge on any atom is 0.416 e. The maximum absolute atomic E-state index is 12.5. The SMILES string of the molecule is CCNC(=NCCCS(C)(=O)=O)NCCc1ccc(C(F)(F)F)cc1.I. The first-order chi connectivity index (χ1) is 11.6. The zero-order chi connectivity index (χ0) is 18.9. The van der Waals surface area contributed by atoms with Crippen LogP contribution in [0, 0.1) is 0 Å². The molecular formula is C16H25F3IN3O2S. The minimum absolute atomic E-state index is 0. The lowest BCUT2D eigenvalue weighted by atomic mass is 10.1. The summed E-state index contributed by atoms with van der Waals surface area (Å²) in [7, 11) is -2.99. The Bertz CT molecular complexity index is 662. The first-order valence-electron chi connectivity index (χ1n) is 7.98. The molecular weight excluding hydrogens is 482 g/mol. The molecule has 150 valence electrons. The molecule has 0 saturated carbocycles. The quantitative estimate of drug-likeness (QED) is 0.246. The van der Waals surface area contributed by atoms with Gasteiger partial charge in [-0.1, -0.05) is 12.1 Å². The highest BCUT2D eigenvalue weighted by molar-refractivity contribution is 14.0. The molecule has 1 aromatic carbocycles. The van der Waals surface area contributed by atoms with Gasteiger partial charge in [-0.3, -0.25) is 4.99 Å². The van der Waals surface area contributed by atoms with E-state index in [9.17, 15) is 21.6 Å². The fraction of sp³-hybridized carbons (Fsp3) is 0.562. The Labute approximate surface area is 169 Å². The number of alkyl halides is 3.